The fourth-order valence-electron chi connectivity index (χ4n) is 2.39. The maximum Gasteiger partial charge on any atom is 0.221 e. The quantitative estimate of drug-likeness (QED) is 0.801. The van der Waals surface area contributed by atoms with Crippen LogP contribution in [0.5, 0.6) is 5.88 Å². The lowest BCUT2D eigenvalue weighted by Crippen LogP contribution is -2.16. The molecule has 3 rings (SSSR count). The summed E-state index contributed by atoms with van der Waals surface area (Å²) in [7, 11) is 0. The molecule has 0 amide bonds. The molecule has 1 atom stereocenters. The summed E-state index contributed by atoms with van der Waals surface area (Å²) in [4.78, 5) is 4.38. The van der Waals surface area contributed by atoms with Crippen molar-refractivity contribution >= 4 is 22.4 Å². The molecule has 0 spiro atoms. The standard InChI is InChI=1S/C15H16ClNO2/c16-8-11-9-17-15(14-6-2-1-5-13(11)14)19-10-12-4-3-7-18-12/h1-2,5-6,9,12H,3-4,7-8,10H2. The Balaban J connectivity index is 1.86. The summed E-state index contributed by atoms with van der Waals surface area (Å²) in [5, 5.41) is 2.12. The van der Waals surface area contributed by atoms with Crippen LogP contribution in [-0.4, -0.2) is 24.3 Å². The number of ether oxygens (including phenoxy) is 2. The average molecular weight is 278 g/mol. The Morgan fingerprint density at radius 3 is 2.89 bits per heavy atom. The first-order valence-electron chi connectivity index (χ1n) is 6.55. The van der Waals surface area contributed by atoms with Crippen molar-refractivity contribution in [1.82, 2.24) is 4.98 Å². The fraction of sp³-hybridized carbons (Fsp3) is 0.400. The van der Waals surface area contributed by atoms with Gasteiger partial charge >= 0.3 is 0 Å². The van der Waals surface area contributed by atoms with Crippen LogP contribution in [0.2, 0.25) is 0 Å². The third-order valence-electron chi connectivity index (χ3n) is 3.41. The number of aromatic nitrogens is 1. The molecule has 1 aromatic heterocycles. The van der Waals surface area contributed by atoms with Gasteiger partial charge in [0, 0.05) is 24.1 Å². The van der Waals surface area contributed by atoms with Crippen molar-refractivity contribution in [2.24, 2.45) is 0 Å². The molecule has 1 fully saturated rings. The van der Waals surface area contributed by atoms with Gasteiger partial charge in [0.1, 0.15) is 6.61 Å². The smallest absolute Gasteiger partial charge is 0.221 e. The highest BCUT2D eigenvalue weighted by Crippen LogP contribution is 2.27. The molecule has 100 valence electrons. The van der Waals surface area contributed by atoms with Crippen LogP contribution in [0.4, 0.5) is 0 Å². The molecule has 0 N–H and O–H groups in total. The number of hydrogen-bond acceptors (Lipinski definition) is 3. The Labute approximate surface area is 117 Å². The largest absolute Gasteiger partial charge is 0.474 e. The molecular formula is C15H16ClNO2. The first-order valence-corrected chi connectivity index (χ1v) is 7.09. The molecule has 0 saturated carbocycles. The zero-order valence-corrected chi connectivity index (χ0v) is 11.4. The predicted octanol–water partition coefficient (Wildman–Crippen LogP) is 3.53. The lowest BCUT2D eigenvalue weighted by molar-refractivity contribution is 0.0669. The van der Waals surface area contributed by atoms with Crippen LogP contribution in [0.1, 0.15) is 18.4 Å². The van der Waals surface area contributed by atoms with Crippen molar-refractivity contribution in [3.05, 3.63) is 36.0 Å². The van der Waals surface area contributed by atoms with Crippen LogP contribution in [0.25, 0.3) is 10.8 Å². The van der Waals surface area contributed by atoms with E-state index in [9.17, 15) is 0 Å². The van der Waals surface area contributed by atoms with Gasteiger partial charge < -0.3 is 9.47 Å². The van der Waals surface area contributed by atoms with Crippen LogP contribution in [0.15, 0.2) is 30.5 Å². The third-order valence-corrected chi connectivity index (χ3v) is 3.70. The van der Waals surface area contributed by atoms with Gasteiger partial charge in [-0.05, 0) is 29.9 Å². The van der Waals surface area contributed by atoms with Crippen molar-refractivity contribution in [2.75, 3.05) is 13.2 Å². The molecule has 0 aliphatic carbocycles. The SMILES string of the molecule is ClCc1cnc(OCC2CCCO2)c2ccccc12. The molecule has 3 nitrogen and oxygen atoms in total. The Morgan fingerprint density at radius 2 is 2.16 bits per heavy atom. The molecular weight excluding hydrogens is 262 g/mol. The highest BCUT2D eigenvalue weighted by atomic mass is 35.5. The minimum atomic E-state index is 0.202. The third kappa shape index (κ3) is 2.67. The molecule has 2 aromatic rings. The number of fused-ring (bicyclic) bond motifs is 1. The maximum atomic E-state index is 5.94. The number of nitrogens with zero attached hydrogens (tertiary/aromatic N) is 1. The van der Waals surface area contributed by atoms with Gasteiger partial charge in [-0.2, -0.15) is 0 Å². The summed E-state index contributed by atoms with van der Waals surface area (Å²) in [5.41, 5.74) is 1.03. The van der Waals surface area contributed by atoms with Gasteiger partial charge in [0.05, 0.1) is 6.10 Å². The summed E-state index contributed by atoms with van der Waals surface area (Å²) in [6.07, 6.45) is 4.18. The molecule has 0 radical (unpaired) electrons. The molecule has 1 aliphatic heterocycles. The monoisotopic (exact) mass is 277 g/mol. The van der Waals surface area contributed by atoms with Gasteiger partial charge in [-0.3, -0.25) is 0 Å². The van der Waals surface area contributed by atoms with E-state index in [1.807, 2.05) is 24.3 Å². The van der Waals surface area contributed by atoms with Gasteiger partial charge in [-0.1, -0.05) is 18.2 Å². The lowest BCUT2D eigenvalue weighted by atomic mass is 10.1. The normalized spacial score (nSPS) is 18.9. The number of benzene rings is 1. The van der Waals surface area contributed by atoms with E-state index in [1.54, 1.807) is 6.20 Å². The predicted molar refractivity (Wildman–Crippen MR) is 75.8 cm³/mol. The van der Waals surface area contributed by atoms with E-state index in [1.165, 1.54) is 0 Å². The van der Waals surface area contributed by atoms with E-state index in [2.05, 4.69) is 4.98 Å². The highest BCUT2D eigenvalue weighted by Gasteiger charge is 2.17. The molecule has 4 heteroatoms. The topological polar surface area (TPSA) is 31.4 Å². The summed E-state index contributed by atoms with van der Waals surface area (Å²) < 4.78 is 11.4. The van der Waals surface area contributed by atoms with Crippen molar-refractivity contribution in [1.29, 1.82) is 0 Å². The number of hydrogen-bond donors (Lipinski definition) is 0. The van der Waals surface area contributed by atoms with Crippen LogP contribution in [0, 0.1) is 0 Å². The highest BCUT2D eigenvalue weighted by molar-refractivity contribution is 6.18. The van der Waals surface area contributed by atoms with Gasteiger partial charge in [0.15, 0.2) is 0 Å². The number of rotatable bonds is 4. The van der Waals surface area contributed by atoms with Crippen LogP contribution >= 0.6 is 11.6 Å². The first-order chi connectivity index (χ1) is 9.38. The van der Waals surface area contributed by atoms with Gasteiger partial charge in [-0.15, -0.1) is 11.6 Å². The van der Waals surface area contributed by atoms with E-state index >= 15 is 0 Å². The first kappa shape index (κ1) is 12.7. The summed E-state index contributed by atoms with van der Waals surface area (Å²) in [6.45, 7) is 1.41. The van der Waals surface area contributed by atoms with E-state index < -0.39 is 0 Å². The minimum Gasteiger partial charge on any atom is -0.474 e. The molecule has 0 bridgehead atoms. The minimum absolute atomic E-state index is 0.202. The van der Waals surface area contributed by atoms with Gasteiger partial charge in [-0.25, -0.2) is 4.98 Å². The second-order valence-corrected chi connectivity index (χ2v) is 4.98. The molecule has 1 saturated heterocycles. The van der Waals surface area contributed by atoms with Gasteiger partial charge in [0.25, 0.3) is 0 Å². The maximum absolute atomic E-state index is 5.94. The molecule has 1 aromatic carbocycles. The van der Waals surface area contributed by atoms with Crippen molar-refractivity contribution in [3.63, 3.8) is 0 Å². The Morgan fingerprint density at radius 1 is 1.32 bits per heavy atom. The molecule has 1 unspecified atom stereocenters. The van der Waals surface area contributed by atoms with E-state index in [-0.39, 0.29) is 6.10 Å². The Bertz CT molecular complexity index is 567. The van der Waals surface area contributed by atoms with Crippen LogP contribution in [0.3, 0.4) is 0 Å². The van der Waals surface area contributed by atoms with E-state index in [4.69, 9.17) is 21.1 Å². The second kappa shape index (κ2) is 5.76. The van der Waals surface area contributed by atoms with E-state index in [0.29, 0.717) is 18.4 Å². The van der Waals surface area contributed by atoms with Crippen molar-refractivity contribution in [3.8, 4) is 5.88 Å². The van der Waals surface area contributed by atoms with Gasteiger partial charge in [0.2, 0.25) is 5.88 Å². The number of alkyl halides is 1. The molecule has 2 heterocycles. The molecule has 1 aliphatic rings. The Kier molecular flexibility index (Phi) is 3.85. The van der Waals surface area contributed by atoms with Crippen LogP contribution < -0.4 is 4.74 Å². The number of halogens is 1. The number of pyridine rings is 1. The fourth-order valence-corrected chi connectivity index (χ4v) is 2.61. The Hall–Kier alpha value is -1.32. The van der Waals surface area contributed by atoms with E-state index in [0.717, 1.165) is 35.8 Å². The zero-order valence-electron chi connectivity index (χ0n) is 10.6. The van der Waals surface area contributed by atoms with Crippen molar-refractivity contribution in [2.45, 2.75) is 24.8 Å². The summed E-state index contributed by atoms with van der Waals surface area (Å²) >= 11 is 5.94. The lowest BCUT2D eigenvalue weighted by Gasteiger charge is -2.13. The summed E-state index contributed by atoms with van der Waals surface area (Å²) in [5.74, 6) is 1.12. The summed E-state index contributed by atoms with van der Waals surface area (Å²) in [6, 6.07) is 8.06. The zero-order chi connectivity index (χ0) is 13.1. The average Bonchev–Trinajstić information content (AvgIpc) is 2.98. The van der Waals surface area contributed by atoms with Crippen molar-refractivity contribution < 1.29 is 9.47 Å². The second-order valence-electron chi connectivity index (χ2n) is 4.71. The molecule has 19 heavy (non-hydrogen) atoms. The van der Waals surface area contributed by atoms with Crippen LogP contribution in [-0.2, 0) is 10.6 Å².